The molecule has 7 nitrogen and oxygen atoms in total. The molecule has 0 aromatic carbocycles. The van der Waals surface area contributed by atoms with E-state index in [1.54, 1.807) is 18.7 Å². The van der Waals surface area contributed by atoms with Gasteiger partial charge in [-0.3, -0.25) is 9.78 Å². The number of nitrogens with zero attached hydrogens (tertiary/aromatic N) is 2. The van der Waals surface area contributed by atoms with E-state index in [-0.39, 0.29) is 12.3 Å². The lowest BCUT2D eigenvalue weighted by Crippen LogP contribution is -2.41. The molecular formula is C23H28N4O3. The minimum Gasteiger partial charge on any atom is -0.481 e. The molecule has 7 heteroatoms. The normalized spacial score (nSPS) is 20.8. The summed E-state index contributed by atoms with van der Waals surface area (Å²) in [5, 5.41) is 12.8. The second kappa shape index (κ2) is 9.26. The van der Waals surface area contributed by atoms with Crippen LogP contribution >= 0.6 is 0 Å². The van der Waals surface area contributed by atoms with Crippen LogP contribution in [0, 0.1) is 0 Å². The van der Waals surface area contributed by atoms with Crippen molar-refractivity contribution in [3.8, 4) is 0 Å². The molecule has 2 aromatic heterocycles. The van der Waals surface area contributed by atoms with Crippen LogP contribution in [0.2, 0.25) is 0 Å². The fourth-order valence-corrected chi connectivity index (χ4v) is 4.36. The molecule has 0 spiro atoms. The number of anilines is 1. The molecule has 2 aliphatic rings. The number of pyridine rings is 2. The van der Waals surface area contributed by atoms with Gasteiger partial charge in [0.05, 0.1) is 12.0 Å². The third kappa shape index (κ3) is 4.97. The number of hydrogen-bond donors (Lipinski definition) is 3. The maximum atomic E-state index is 11.5. The monoisotopic (exact) mass is 408 g/mol. The van der Waals surface area contributed by atoms with Crippen LogP contribution in [0.3, 0.4) is 0 Å². The molecule has 2 atom stereocenters. The van der Waals surface area contributed by atoms with Gasteiger partial charge in [0.15, 0.2) is 0 Å². The van der Waals surface area contributed by atoms with Gasteiger partial charge in [-0.15, -0.1) is 5.48 Å². The summed E-state index contributed by atoms with van der Waals surface area (Å²) >= 11 is 0. The highest BCUT2D eigenvalue weighted by atomic mass is 16.6. The zero-order valence-corrected chi connectivity index (χ0v) is 17.0. The quantitative estimate of drug-likeness (QED) is 0.583. The number of aromatic nitrogens is 2. The van der Waals surface area contributed by atoms with Gasteiger partial charge in [-0.1, -0.05) is 12.1 Å². The Labute approximate surface area is 176 Å². The van der Waals surface area contributed by atoms with E-state index in [1.807, 2.05) is 18.2 Å². The standard InChI is InChI=1S/C23H28N4O3/c28-21(29)14-19(18-5-2-11-24-16-18)15-23(10-13-30-27-23)9-1-6-20-8-7-17-4-3-12-25-22(17)26-20/h2,5,7-8,10-11,13,16,19,27H,1,3-4,6,9,12,14-15H2,(H,25,26)(H,28,29). The molecule has 2 aromatic rings. The Morgan fingerprint density at radius 2 is 2.27 bits per heavy atom. The maximum absolute atomic E-state index is 11.5. The second-order valence-electron chi connectivity index (χ2n) is 8.16. The Balaban J connectivity index is 1.42. The number of rotatable bonds is 9. The molecule has 4 rings (SSSR count). The zero-order chi connectivity index (χ0) is 20.8. The number of carbonyl (C=O) groups is 1. The van der Waals surface area contributed by atoms with Gasteiger partial charge in [0.1, 0.15) is 12.1 Å². The van der Waals surface area contributed by atoms with E-state index in [4.69, 9.17) is 9.82 Å². The van der Waals surface area contributed by atoms with Crippen molar-refractivity contribution < 1.29 is 14.7 Å². The molecule has 0 saturated carbocycles. The highest BCUT2D eigenvalue weighted by molar-refractivity contribution is 5.68. The Morgan fingerprint density at radius 1 is 1.33 bits per heavy atom. The van der Waals surface area contributed by atoms with Gasteiger partial charge in [0, 0.05) is 24.6 Å². The highest BCUT2D eigenvalue weighted by Gasteiger charge is 2.35. The van der Waals surface area contributed by atoms with Crippen molar-refractivity contribution >= 4 is 11.8 Å². The molecule has 0 radical (unpaired) electrons. The Bertz CT molecular complexity index is 903. The SMILES string of the molecule is O=C(O)CC(CC1(CCCc2ccc3c(n2)NCCC3)C=CON1)c1cccnc1. The number of nitrogens with one attached hydrogen (secondary N) is 2. The fourth-order valence-electron chi connectivity index (χ4n) is 4.36. The first-order valence-electron chi connectivity index (χ1n) is 10.6. The van der Waals surface area contributed by atoms with Crippen molar-refractivity contribution in [1.29, 1.82) is 0 Å². The number of hydroxylamine groups is 1. The number of carboxylic acid groups (broad SMARTS) is 1. The van der Waals surface area contributed by atoms with E-state index in [0.717, 1.165) is 55.7 Å². The van der Waals surface area contributed by atoms with Gasteiger partial charge < -0.3 is 15.3 Å². The van der Waals surface area contributed by atoms with Gasteiger partial charge in [-0.05, 0) is 73.8 Å². The van der Waals surface area contributed by atoms with Crippen LogP contribution in [0.1, 0.15) is 54.8 Å². The molecule has 0 saturated heterocycles. The molecular weight excluding hydrogens is 380 g/mol. The van der Waals surface area contributed by atoms with E-state index < -0.39 is 11.5 Å². The number of aryl methyl sites for hydroxylation is 2. The van der Waals surface area contributed by atoms with Crippen molar-refractivity contribution in [3.05, 3.63) is 65.8 Å². The molecule has 4 heterocycles. The minimum absolute atomic E-state index is 0.0566. The van der Waals surface area contributed by atoms with Gasteiger partial charge >= 0.3 is 5.97 Å². The van der Waals surface area contributed by atoms with Gasteiger partial charge in [-0.25, -0.2) is 4.98 Å². The summed E-state index contributed by atoms with van der Waals surface area (Å²) in [6.45, 7) is 0.984. The topological polar surface area (TPSA) is 96.4 Å². The molecule has 0 amide bonds. The Kier molecular flexibility index (Phi) is 6.28. The highest BCUT2D eigenvalue weighted by Crippen LogP contribution is 2.35. The first-order valence-corrected chi connectivity index (χ1v) is 10.6. The van der Waals surface area contributed by atoms with E-state index in [1.165, 1.54) is 5.56 Å². The number of carboxylic acids is 1. The van der Waals surface area contributed by atoms with Crippen molar-refractivity contribution in [2.24, 2.45) is 0 Å². The van der Waals surface area contributed by atoms with Crippen LogP contribution in [0.5, 0.6) is 0 Å². The lowest BCUT2D eigenvalue weighted by molar-refractivity contribution is -0.137. The Hall–Kier alpha value is -2.93. The fraction of sp³-hybridized carbons (Fsp3) is 0.435. The van der Waals surface area contributed by atoms with Crippen LogP contribution in [0.25, 0.3) is 0 Å². The van der Waals surface area contributed by atoms with E-state index in [0.29, 0.717) is 6.42 Å². The zero-order valence-electron chi connectivity index (χ0n) is 17.0. The van der Waals surface area contributed by atoms with Crippen LogP contribution in [-0.4, -0.2) is 33.1 Å². The average Bonchev–Trinajstić information content (AvgIpc) is 3.22. The smallest absolute Gasteiger partial charge is 0.303 e. The first kappa shape index (κ1) is 20.3. The molecule has 2 aliphatic heterocycles. The van der Waals surface area contributed by atoms with Crippen molar-refractivity contribution in [2.45, 2.75) is 56.4 Å². The van der Waals surface area contributed by atoms with Crippen LogP contribution < -0.4 is 10.8 Å². The van der Waals surface area contributed by atoms with Gasteiger partial charge in [0.2, 0.25) is 0 Å². The predicted molar refractivity (Wildman–Crippen MR) is 114 cm³/mol. The third-order valence-electron chi connectivity index (χ3n) is 5.91. The summed E-state index contributed by atoms with van der Waals surface area (Å²) in [7, 11) is 0. The van der Waals surface area contributed by atoms with Gasteiger partial charge in [0.25, 0.3) is 0 Å². The molecule has 158 valence electrons. The Morgan fingerprint density at radius 3 is 3.03 bits per heavy atom. The van der Waals surface area contributed by atoms with E-state index in [2.05, 4.69) is 27.9 Å². The predicted octanol–water partition coefficient (Wildman–Crippen LogP) is 3.59. The van der Waals surface area contributed by atoms with Gasteiger partial charge in [-0.2, -0.15) is 0 Å². The first-order chi connectivity index (χ1) is 14.6. The van der Waals surface area contributed by atoms with E-state index in [9.17, 15) is 9.90 Å². The van der Waals surface area contributed by atoms with Crippen molar-refractivity contribution in [3.63, 3.8) is 0 Å². The third-order valence-corrected chi connectivity index (χ3v) is 5.91. The van der Waals surface area contributed by atoms with Crippen LogP contribution in [-0.2, 0) is 22.5 Å². The molecule has 2 unspecified atom stereocenters. The summed E-state index contributed by atoms with van der Waals surface area (Å²) in [6, 6.07) is 8.09. The van der Waals surface area contributed by atoms with Crippen molar-refractivity contribution in [1.82, 2.24) is 15.4 Å². The number of aliphatic carboxylic acids is 1. The summed E-state index contributed by atoms with van der Waals surface area (Å²) in [5.74, 6) is 0.0579. The van der Waals surface area contributed by atoms with Crippen LogP contribution in [0.15, 0.2) is 49.0 Å². The molecule has 30 heavy (non-hydrogen) atoms. The average molecular weight is 409 g/mol. The minimum atomic E-state index is -0.812. The lowest BCUT2D eigenvalue weighted by atomic mass is 9.80. The largest absolute Gasteiger partial charge is 0.481 e. The molecule has 0 aliphatic carbocycles. The maximum Gasteiger partial charge on any atom is 0.303 e. The molecule has 0 bridgehead atoms. The second-order valence-corrected chi connectivity index (χ2v) is 8.16. The van der Waals surface area contributed by atoms with Crippen molar-refractivity contribution in [2.75, 3.05) is 11.9 Å². The van der Waals surface area contributed by atoms with E-state index >= 15 is 0 Å². The molecule has 0 fully saturated rings. The summed E-state index contributed by atoms with van der Waals surface area (Å²) in [4.78, 5) is 25.8. The number of fused-ring (bicyclic) bond motifs is 1. The summed E-state index contributed by atoms with van der Waals surface area (Å²) < 4.78 is 0. The summed E-state index contributed by atoms with van der Waals surface area (Å²) in [5.41, 5.74) is 6.03. The molecule has 3 N–H and O–H groups in total. The summed E-state index contributed by atoms with van der Waals surface area (Å²) in [6.07, 6.45) is 12.7. The lowest BCUT2D eigenvalue weighted by Gasteiger charge is -2.30. The van der Waals surface area contributed by atoms with Crippen LogP contribution in [0.4, 0.5) is 5.82 Å². The number of hydrogen-bond acceptors (Lipinski definition) is 6.